The van der Waals surface area contributed by atoms with E-state index in [0.717, 1.165) is 25.9 Å². The monoisotopic (exact) mass is 356 g/mol. The average Bonchev–Trinajstić information content (AvgIpc) is 3.39. The highest BCUT2D eigenvalue weighted by Crippen LogP contribution is 2.28. The molecule has 1 N–H and O–H groups in total. The first-order valence-electron chi connectivity index (χ1n) is 9.41. The van der Waals surface area contributed by atoms with Crippen LogP contribution in [0.3, 0.4) is 0 Å². The van der Waals surface area contributed by atoms with Crippen LogP contribution >= 0.6 is 0 Å². The number of nitrogens with one attached hydrogen (secondary N) is 1. The molecule has 2 aromatic rings. The lowest BCUT2D eigenvalue weighted by Gasteiger charge is -2.36. The minimum atomic E-state index is 0.0456. The Bertz CT molecular complexity index is 728. The van der Waals surface area contributed by atoms with Crippen molar-refractivity contribution in [2.75, 3.05) is 13.1 Å². The van der Waals surface area contributed by atoms with Gasteiger partial charge in [0.25, 0.3) is 0 Å². The summed E-state index contributed by atoms with van der Waals surface area (Å²) in [5, 5.41) is 6.81. The fourth-order valence-electron chi connectivity index (χ4n) is 3.96. The van der Waals surface area contributed by atoms with Gasteiger partial charge in [-0.25, -0.2) is 9.97 Å². The number of hydrogen-bond acceptors (Lipinski definition) is 7. The largest absolute Gasteiger partial charge is 0.347 e. The molecule has 138 valence electrons. The first kappa shape index (κ1) is 17.1. The molecule has 2 aliphatic rings. The Hall–Kier alpha value is -2.35. The summed E-state index contributed by atoms with van der Waals surface area (Å²) in [6.45, 7) is 2.22. The maximum atomic E-state index is 12.6. The standard InChI is InChI=1S/C18H24N6O2/c25-18(13-5-3-10-24(12-13)14-6-1-2-7-14)21-11-15-22-17(23-26-15)16-19-8-4-9-20-16/h4,8-9,13-14H,1-3,5-7,10-12H2,(H,21,25)/t13-/m0/s1. The van der Waals surface area contributed by atoms with E-state index in [0.29, 0.717) is 23.6 Å². The predicted molar refractivity (Wildman–Crippen MR) is 93.7 cm³/mol. The van der Waals surface area contributed by atoms with E-state index in [2.05, 4.69) is 30.3 Å². The number of piperidine rings is 1. The molecule has 1 atom stereocenters. The summed E-state index contributed by atoms with van der Waals surface area (Å²) in [4.78, 5) is 27.5. The molecular formula is C18H24N6O2. The molecule has 0 aromatic carbocycles. The number of hydrogen-bond donors (Lipinski definition) is 1. The number of likely N-dealkylation sites (tertiary alicyclic amines) is 1. The molecule has 0 bridgehead atoms. The number of aromatic nitrogens is 4. The summed E-state index contributed by atoms with van der Waals surface area (Å²) in [7, 11) is 0. The van der Waals surface area contributed by atoms with E-state index in [1.54, 1.807) is 18.5 Å². The topological polar surface area (TPSA) is 97.0 Å². The van der Waals surface area contributed by atoms with E-state index in [1.807, 2.05) is 0 Å². The number of carbonyl (C=O) groups excluding carboxylic acids is 1. The predicted octanol–water partition coefficient (Wildman–Crippen LogP) is 1.80. The minimum Gasteiger partial charge on any atom is -0.347 e. The molecule has 1 aliphatic carbocycles. The zero-order valence-corrected chi connectivity index (χ0v) is 14.8. The molecule has 8 nitrogen and oxygen atoms in total. The van der Waals surface area contributed by atoms with Crippen molar-refractivity contribution < 1.29 is 9.32 Å². The van der Waals surface area contributed by atoms with Crippen LogP contribution in [0.4, 0.5) is 0 Å². The number of nitrogens with zero attached hydrogens (tertiary/aromatic N) is 5. The van der Waals surface area contributed by atoms with Gasteiger partial charge in [-0.15, -0.1) is 0 Å². The molecule has 4 rings (SSSR count). The van der Waals surface area contributed by atoms with Gasteiger partial charge in [-0.2, -0.15) is 4.98 Å². The quantitative estimate of drug-likeness (QED) is 0.872. The van der Waals surface area contributed by atoms with Crippen molar-refractivity contribution in [3.8, 4) is 11.6 Å². The molecule has 3 heterocycles. The molecule has 0 unspecified atom stereocenters. The maximum absolute atomic E-state index is 12.6. The van der Waals surface area contributed by atoms with Gasteiger partial charge in [-0.05, 0) is 38.3 Å². The second-order valence-electron chi connectivity index (χ2n) is 7.07. The Balaban J connectivity index is 1.30. The highest BCUT2D eigenvalue weighted by Gasteiger charge is 2.31. The van der Waals surface area contributed by atoms with Crippen molar-refractivity contribution >= 4 is 5.91 Å². The van der Waals surface area contributed by atoms with Gasteiger partial charge >= 0.3 is 0 Å². The lowest BCUT2D eigenvalue weighted by atomic mass is 9.95. The zero-order valence-electron chi connectivity index (χ0n) is 14.8. The lowest BCUT2D eigenvalue weighted by Crippen LogP contribution is -2.46. The van der Waals surface area contributed by atoms with Gasteiger partial charge in [0.1, 0.15) is 0 Å². The fourth-order valence-corrected chi connectivity index (χ4v) is 3.96. The number of rotatable bonds is 5. The molecule has 1 saturated heterocycles. The molecule has 2 aromatic heterocycles. The molecule has 8 heteroatoms. The van der Waals surface area contributed by atoms with Crippen molar-refractivity contribution in [2.24, 2.45) is 5.92 Å². The van der Waals surface area contributed by atoms with Crippen molar-refractivity contribution in [3.05, 3.63) is 24.4 Å². The van der Waals surface area contributed by atoms with Gasteiger partial charge in [0.05, 0.1) is 12.5 Å². The molecule has 1 amide bonds. The highest BCUT2D eigenvalue weighted by atomic mass is 16.5. The van der Waals surface area contributed by atoms with Crippen LogP contribution in [0.15, 0.2) is 23.0 Å². The van der Waals surface area contributed by atoms with Gasteiger partial charge in [-0.1, -0.05) is 18.0 Å². The van der Waals surface area contributed by atoms with Crippen molar-refractivity contribution in [3.63, 3.8) is 0 Å². The molecule has 1 saturated carbocycles. The van der Waals surface area contributed by atoms with Gasteiger partial charge < -0.3 is 9.84 Å². The van der Waals surface area contributed by atoms with Crippen molar-refractivity contribution in [1.29, 1.82) is 0 Å². The van der Waals surface area contributed by atoms with Gasteiger partial charge in [0.15, 0.2) is 0 Å². The van der Waals surface area contributed by atoms with E-state index in [1.165, 1.54) is 25.7 Å². The number of carbonyl (C=O) groups is 1. The summed E-state index contributed by atoms with van der Waals surface area (Å²) in [5.74, 6) is 1.23. The summed E-state index contributed by atoms with van der Waals surface area (Å²) < 4.78 is 5.19. The Morgan fingerprint density at radius 1 is 1.15 bits per heavy atom. The van der Waals surface area contributed by atoms with Crippen LogP contribution in [-0.4, -0.2) is 50.0 Å². The van der Waals surface area contributed by atoms with E-state index < -0.39 is 0 Å². The Labute approximate surface area is 152 Å². The van der Waals surface area contributed by atoms with Crippen LogP contribution < -0.4 is 5.32 Å². The Morgan fingerprint density at radius 2 is 1.96 bits per heavy atom. The van der Waals surface area contributed by atoms with Crippen LogP contribution in [0.5, 0.6) is 0 Å². The van der Waals surface area contributed by atoms with Crippen LogP contribution in [0.1, 0.15) is 44.4 Å². The Kier molecular flexibility index (Phi) is 5.19. The third-order valence-electron chi connectivity index (χ3n) is 5.31. The normalized spacial score (nSPS) is 21.8. The molecule has 26 heavy (non-hydrogen) atoms. The zero-order chi connectivity index (χ0) is 17.8. The van der Waals surface area contributed by atoms with E-state index >= 15 is 0 Å². The lowest BCUT2D eigenvalue weighted by molar-refractivity contribution is -0.127. The summed E-state index contributed by atoms with van der Waals surface area (Å²) in [5.41, 5.74) is 0. The van der Waals surface area contributed by atoms with Crippen LogP contribution in [0.25, 0.3) is 11.6 Å². The first-order chi connectivity index (χ1) is 12.8. The fraction of sp³-hybridized carbons (Fsp3) is 0.611. The van der Waals surface area contributed by atoms with Gasteiger partial charge in [0, 0.05) is 25.0 Å². The van der Waals surface area contributed by atoms with E-state index in [4.69, 9.17) is 4.52 Å². The molecule has 0 radical (unpaired) electrons. The molecule has 2 fully saturated rings. The van der Waals surface area contributed by atoms with Crippen LogP contribution in [0.2, 0.25) is 0 Å². The minimum absolute atomic E-state index is 0.0456. The Morgan fingerprint density at radius 3 is 2.77 bits per heavy atom. The van der Waals surface area contributed by atoms with Gasteiger partial charge in [-0.3, -0.25) is 9.69 Å². The third-order valence-corrected chi connectivity index (χ3v) is 5.31. The maximum Gasteiger partial charge on any atom is 0.246 e. The SMILES string of the molecule is O=C(NCc1nc(-c2ncccn2)no1)[C@H]1CCCN(C2CCCC2)C1. The second-order valence-corrected chi connectivity index (χ2v) is 7.07. The number of amides is 1. The smallest absolute Gasteiger partial charge is 0.246 e. The molecule has 0 spiro atoms. The third kappa shape index (κ3) is 3.90. The summed E-state index contributed by atoms with van der Waals surface area (Å²) >= 11 is 0. The van der Waals surface area contributed by atoms with Crippen molar-refractivity contribution in [2.45, 2.75) is 51.1 Å². The highest BCUT2D eigenvalue weighted by molar-refractivity contribution is 5.78. The second kappa shape index (κ2) is 7.90. The summed E-state index contributed by atoms with van der Waals surface area (Å²) in [6, 6.07) is 2.40. The van der Waals surface area contributed by atoms with Gasteiger partial charge in [0.2, 0.25) is 23.4 Å². The van der Waals surface area contributed by atoms with E-state index in [9.17, 15) is 4.79 Å². The van der Waals surface area contributed by atoms with Crippen molar-refractivity contribution in [1.82, 2.24) is 30.3 Å². The van der Waals surface area contributed by atoms with E-state index in [-0.39, 0.29) is 18.4 Å². The summed E-state index contributed by atoms with van der Waals surface area (Å²) in [6.07, 6.45) is 10.5. The van der Waals surface area contributed by atoms with Crippen LogP contribution in [0, 0.1) is 5.92 Å². The molecular weight excluding hydrogens is 332 g/mol. The average molecular weight is 356 g/mol. The molecule has 1 aliphatic heterocycles. The first-order valence-corrected chi connectivity index (χ1v) is 9.41. The van der Waals surface area contributed by atoms with Crippen LogP contribution in [-0.2, 0) is 11.3 Å².